The fourth-order valence-corrected chi connectivity index (χ4v) is 1.83. The first-order chi connectivity index (χ1) is 8.06. The molecule has 90 valence electrons. The van der Waals surface area contributed by atoms with Gasteiger partial charge in [-0.05, 0) is 35.8 Å². The minimum Gasteiger partial charge on any atom is -0.397 e. The van der Waals surface area contributed by atoms with Gasteiger partial charge in [0.2, 0.25) is 0 Å². The van der Waals surface area contributed by atoms with Gasteiger partial charge in [-0.25, -0.2) is 4.98 Å². The summed E-state index contributed by atoms with van der Waals surface area (Å²) in [5.41, 5.74) is 7.15. The number of hydrogen-bond acceptors (Lipinski definition) is 4. The molecule has 2 heterocycles. The molecule has 0 fully saturated rings. The van der Waals surface area contributed by atoms with E-state index in [-0.39, 0.29) is 0 Å². The highest BCUT2D eigenvalue weighted by molar-refractivity contribution is 9.10. The maximum atomic E-state index is 5.63. The number of rotatable bonds is 3. The molecule has 17 heavy (non-hydrogen) atoms. The number of anilines is 3. The number of pyridine rings is 1. The lowest BCUT2D eigenvalue weighted by Crippen LogP contribution is -2.00. The molecule has 0 aliphatic carbocycles. The molecule has 2 rings (SSSR count). The quantitative estimate of drug-likeness (QED) is 0.913. The van der Waals surface area contributed by atoms with Gasteiger partial charge in [0.1, 0.15) is 5.82 Å². The number of aromatic nitrogens is 3. The predicted molar refractivity (Wildman–Crippen MR) is 72.2 cm³/mol. The first kappa shape index (κ1) is 11.9. The molecule has 0 aliphatic heterocycles. The maximum absolute atomic E-state index is 5.63. The van der Waals surface area contributed by atoms with Gasteiger partial charge in [-0.3, -0.25) is 4.68 Å². The van der Waals surface area contributed by atoms with Crippen LogP contribution in [-0.2, 0) is 0 Å². The molecule has 2 aromatic rings. The van der Waals surface area contributed by atoms with E-state index in [1.165, 1.54) is 0 Å². The summed E-state index contributed by atoms with van der Waals surface area (Å²) >= 11 is 3.41. The van der Waals surface area contributed by atoms with Crippen LogP contribution in [0, 0.1) is 0 Å². The molecule has 5 nitrogen and oxygen atoms in total. The van der Waals surface area contributed by atoms with Crippen LogP contribution < -0.4 is 11.1 Å². The SMILES string of the molecule is CC(C)n1cc(Nc2ncc(N)cc2Br)cn1. The van der Waals surface area contributed by atoms with Crippen LogP contribution in [-0.4, -0.2) is 14.8 Å². The van der Waals surface area contributed by atoms with E-state index in [1.54, 1.807) is 12.4 Å². The number of hydrogen-bond donors (Lipinski definition) is 2. The average molecular weight is 296 g/mol. The van der Waals surface area contributed by atoms with Gasteiger partial charge in [0.25, 0.3) is 0 Å². The van der Waals surface area contributed by atoms with E-state index in [4.69, 9.17) is 5.73 Å². The molecule has 0 amide bonds. The Morgan fingerprint density at radius 3 is 2.76 bits per heavy atom. The second kappa shape index (κ2) is 4.75. The monoisotopic (exact) mass is 295 g/mol. The standard InChI is InChI=1S/C11H14BrN5/c1-7(2)17-6-9(5-15-17)16-11-10(12)3-8(13)4-14-11/h3-7H,13H2,1-2H3,(H,14,16). The summed E-state index contributed by atoms with van der Waals surface area (Å²) in [6, 6.07) is 2.15. The lowest BCUT2D eigenvalue weighted by Gasteiger charge is -2.06. The topological polar surface area (TPSA) is 68.8 Å². The Morgan fingerprint density at radius 1 is 1.41 bits per heavy atom. The van der Waals surface area contributed by atoms with Crippen LogP contribution in [0.2, 0.25) is 0 Å². The zero-order valence-electron chi connectivity index (χ0n) is 9.68. The Kier molecular flexibility index (Phi) is 3.33. The lowest BCUT2D eigenvalue weighted by molar-refractivity contribution is 0.532. The second-order valence-corrected chi connectivity index (χ2v) is 4.88. The Balaban J connectivity index is 2.19. The van der Waals surface area contributed by atoms with Crippen molar-refractivity contribution in [2.45, 2.75) is 19.9 Å². The Labute approximate surface area is 108 Å². The first-order valence-corrected chi connectivity index (χ1v) is 6.08. The summed E-state index contributed by atoms with van der Waals surface area (Å²) in [5, 5.41) is 7.42. The van der Waals surface area contributed by atoms with E-state index in [0.29, 0.717) is 11.7 Å². The predicted octanol–water partition coefficient (Wildman–Crippen LogP) is 2.95. The molecule has 0 aromatic carbocycles. The molecule has 0 unspecified atom stereocenters. The van der Waals surface area contributed by atoms with Crippen molar-refractivity contribution in [1.29, 1.82) is 0 Å². The number of nitrogens with zero attached hydrogens (tertiary/aromatic N) is 3. The fourth-order valence-electron chi connectivity index (χ4n) is 1.37. The molecule has 2 aromatic heterocycles. The summed E-state index contributed by atoms with van der Waals surface area (Å²) in [7, 11) is 0. The third kappa shape index (κ3) is 2.76. The van der Waals surface area contributed by atoms with Gasteiger partial charge in [-0.1, -0.05) is 0 Å². The van der Waals surface area contributed by atoms with Gasteiger partial charge >= 0.3 is 0 Å². The average Bonchev–Trinajstić information content (AvgIpc) is 2.71. The zero-order chi connectivity index (χ0) is 12.4. The van der Waals surface area contributed by atoms with Crippen molar-refractivity contribution in [2.24, 2.45) is 0 Å². The van der Waals surface area contributed by atoms with E-state index in [9.17, 15) is 0 Å². The van der Waals surface area contributed by atoms with Crippen LogP contribution >= 0.6 is 15.9 Å². The zero-order valence-corrected chi connectivity index (χ0v) is 11.3. The summed E-state index contributed by atoms with van der Waals surface area (Å²) in [6.07, 6.45) is 5.32. The van der Waals surface area contributed by atoms with Gasteiger partial charge in [0, 0.05) is 12.2 Å². The Bertz CT molecular complexity index is 520. The van der Waals surface area contributed by atoms with E-state index in [1.807, 2.05) is 16.9 Å². The molecule has 0 saturated heterocycles. The van der Waals surface area contributed by atoms with Gasteiger partial charge in [0.15, 0.2) is 0 Å². The largest absolute Gasteiger partial charge is 0.397 e. The van der Waals surface area contributed by atoms with E-state index in [0.717, 1.165) is 16.0 Å². The summed E-state index contributed by atoms with van der Waals surface area (Å²) < 4.78 is 2.71. The summed E-state index contributed by atoms with van der Waals surface area (Å²) in [5.74, 6) is 0.725. The highest BCUT2D eigenvalue weighted by atomic mass is 79.9. The van der Waals surface area contributed by atoms with Crippen LogP contribution in [0.5, 0.6) is 0 Å². The normalized spacial score (nSPS) is 10.8. The lowest BCUT2D eigenvalue weighted by atomic mass is 10.4. The van der Waals surface area contributed by atoms with Crippen LogP contribution in [0.4, 0.5) is 17.2 Å². The molecule has 0 spiro atoms. The van der Waals surface area contributed by atoms with E-state index < -0.39 is 0 Å². The van der Waals surface area contributed by atoms with E-state index in [2.05, 4.69) is 45.2 Å². The van der Waals surface area contributed by atoms with Crippen molar-refractivity contribution < 1.29 is 0 Å². The molecular formula is C11H14BrN5. The van der Waals surface area contributed by atoms with Crippen LogP contribution in [0.1, 0.15) is 19.9 Å². The molecule has 3 N–H and O–H groups in total. The number of nitrogens with two attached hydrogens (primary N) is 1. The first-order valence-electron chi connectivity index (χ1n) is 5.28. The molecule has 0 saturated carbocycles. The molecule has 6 heteroatoms. The van der Waals surface area contributed by atoms with Crippen molar-refractivity contribution in [2.75, 3.05) is 11.1 Å². The minimum atomic E-state index is 0.341. The summed E-state index contributed by atoms with van der Waals surface area (Å²) in [6.45, 7) is 4.16. The van der Waals surface area contributed by atoms with Gasteiger partial charge in [0.05, 0.1) is 28.2 Å². The number of halogens is 1. The smallest absolute Gasteiger partial charge is 0.144 e. The van der Waals surface area contributed by atoms with Crippen LogP contribution in [0.15, 0.2) is 29.1 Å². The van der Waals surface area contributed by atoms with Gasteiger partial charge in [-0.2, -0.15) is 5.10 Å². The summed E-state index contributed by atoms with van der Waals surface area (Å²) in [4.78, 5) is 4.21. The third-order valence-corrected chi connectivity index (χ3v) is 2.86. The van der Waals surface area contributed by atoms with Gasteiger partial charge in [-0.15, -0.1) is 0 Å². The van der Waals surface area contributed by atoms with Gasteiger partial charge < -0.3 is 11.1 Å². The van der Waals surface area contributed by atoms with Crippen LogP contribution in [0.25, 0.3) is 0 Å². The highest BCUT2D eigenvalue weighted by Crippen LogP contribution is 2.25. The third-order valence-electron chi connectivity index (χ3n) is 2.26. The van der Waals surface area contributed by atoms with E-state index >= 15 is 0 Å². The van der Waals surface area contributed by atoms with Crippen molar-refractivity contribution in [3.8, 4) is 0 Å². The second-order valence-electron chi connectivity index (χ2n) is 4.03. The molecule has 0 radical (unpaired) electrons. The van der Waals surface area contributed by atoms with Crippen LogP contribution in [0.3, 0.4) is 0 Å². The number of nitrogens with one attached hydrogen (secondary N) is 1. The fraction of sp³-hybridized carbons (Fsp3) is 0.273. The number of nitrogen functional groups attached to an aromatic ring is 1. The molecule has 0 atom stereocenters. The minimum absolute atomic E-state index is 0.341. The van der Waals surface area contributed by atoms with Crippen molar-refractivity contribution in [3.63, 3.8) is 0 Å². The van der Waals surface area contributed by atoms with Crippen molar-refractivity contribution in [3.05, 3.63) is 29.1 Å². The Morgan fingerprint density at radius 2 is 2.18 bits per heavy atom. The molecule has 0 bridgehead atoms. The molecular weight excluding hydrogens is 282 g/mol. The molecule has 0 aliphatic rings. The van der Waals surface area contributed by atoms with Crippen molar-refractivity contribution in [1.82, 2.24) is 14.8 Å². The maximum Gasteiger partial charge on any atom is 0.144 e. The Hall–Kier alpha value is -1.56. The van der Waals surface area contributed by atoms with Crippen molar-refractivity contribution >= 4 is 33.1 Å². The highest BCUT2D eigenvalue weighted by Gasteiger charge is 2.05.